The van der Waals surface area contributed by atoms with Gasteiger partial charge in [0, 0.05) is 24.5 Å². The molecule has 0 aliphatic rings. The second-order valence-electron chi connectivity index (χ2n) is 7.25. The van der Waals surface area contributed by atoms with Gasteiger partial charge in [0.2, 0.25) is 0 Å². The predicted octanol–water partition coefficient (Wildman–Crippen LogP) is 1.60. The lowest BCUT2D eigenvalue weighted by molar-refractivity contribution is -0.304. The highest BCUT2D eigenvalue weighted by Gasteiger charge is 2.10. The van der Waals surface area contributed by atoms with E-state index in [4.69, 9.17) is 0 Å². The smallest absolute Gasteiger partial charge is 0.121 e. The minimum absolute atomic E-state index is 0.0265. The first-order valence-corrected chi connectivity index (χ1v) is 10.1. The van der Waals surface area contributed by atoms with Gasteiger partial charge in [0.1, 0.15) is 5.75 Å². The number of hydrogen-bond donors (Lipinski definition) is 4. The van der Waals surface area contributed by atoms with Gasteiger partial charge in [0.25, 0.3) is 0 Å². The fraction of sp³-hybridized carbons (Fsp3) is 0.435. The van der Waals surface area contributed by atoms with E-state index in [0.717, 1.165) is 49.8 Å². The number of rotatable bonds is 13. The van der Waals surface area contributed by atoms with Gasteiger partial charge in [-0.05, 0) is 54.6 Å². The maximum Gasteiger partial charge on any atom is 0.121 e. The summed E-state index contributed by atoms with van der Waals surface area (Å²) in [6, 6.07) is 12.4. The van der Waals surface area contributed by atoms with Crippen LogP contribution in [0.15, 0.2) is 42.5 Å². The number of phenols is 1. The number of carbonyl (C=O) groups is 1. The molecule has 6 heteroatoms. The second kappa shape index (κ2) is 12.2. The molecule has 0 heterocycles. The van der Waals surface area contributed by atoms with Crippen LogP contribution in [0.3, 0.4) is 0 Å². The summed E-state index contributed by atoms with van der Waals surface area (Å²) < 4.78 is 0. The summed E-state index contributed by atoms with van der Waals surface area (Å²) in [5, 5.41) is 43.0. The third-order valence-electron chi connectivity index (χ3n) is 5.00. The van der Waals surface area contributed by atoms with E-state index >= 15 is 0 Å². The maximum absolute atomic E-state index is 10.8. The Labute approximate surface area is 171 Å². The van der Waals surface area contributed by atoms with Crippen LogP contribution in [0.1, 0.15) is 54.0 Å². The molecule has 4 N–H and O–H groups in total. The lowest BCUT2D eigenvalue weighted by atomic mass is 9.99. The molecular formula is C23H30NO5-. The number of carbonyl (C=O) groups excluding carboxylic acids is 1. The van der Waals surface area contributed by atoms with Crippen molar-refractivity contribution in [2.75, 3.05) is 13.1 Å². The van der Waals surface area contributed by atoms with Crippen LogP contribution in [-0.2, 0) is 24.2 Å². The average molecular weight is 400 g/mol. The molecule has 0 fully saturated rings. The third-order valence-corrected chi connectivity index (χ3v) is 5.00. The van der Waals surface area contributed by atoms with Crippen LogP contribution >= 0.6 is 0 Å². The van der Waals surface area contributed by atoms with Gasteiger partial charge in [-0.25, -0.2) is 0 Å². The molecule has 0 bridgehead atoms. The third kappa shape index (κ3) is 7.85. The molecule has 0 aliphatic heterocycles. The Morgan fingerprint density at radius 1 is 1.00 bits per heavy atom. The predicted molar refractivity (Wildman–Crippen MR) is 109 cm³/mol. The molecule has 0 amide bonds. The highest BCUT2D eigenvalue weighted by Crippen LogP contribution is 2.22. The van der Waals surface area contributed by atoms with Crippen LogP contribution in [0.25, 0.3) is 0 Å². The van der Waals surface area contributed by atoms with Gasteiger partial charge in [-0.1, -0.05) is 43.2 Å². The van der Waals surface area contributed by atoms with Crippen LogP contribution in [-0.4, -0.2) is 34.4 Å². The topological polar surface area (TPSA) is 113 Å². The van der Waals surface area contributed by atoms with Crippen LogP contribution < -0.4 is 10.4 Å². The van der Waals surface area contributed by atoms with Crippen molar-refractivity contribution < 1.29 is 25.2 Å². The molecule has 29 heavy (non-hydrogen) atoms. The van der Waals surface area contributed by atoms with Gasteiger partial charge in [0.05, 0.1) is 12.7 Å². The Hall–Kier alpha value is -2.41. The molecule has 0 saturated heterocycles. The van der Waals surface area contributed by atoms with Gasteiger partial charge in [-0.2, -0.15) is 0 Å². The first-order valence-electron chi connectivity index (χ1n) is 10.1. The van der Waals surface area contributed by atoms with Crippen molar-refractivity contribution >= 4 is 5.97 Å². The molecule has 1 atom stereocenters. The number of aryl methyl sites for hydroxylation is 1. The molecule has 1 unspecified atom stereocenters. The van der Waals surface area contributed by atoms with E-state index in [0.29, 0.717) is 17.7 Å². The Morgan fingerprint density at radius 2 is 1.72 bits per heavy atom. The first-order chi connectivity index (χ1) is 14.0. The van der Waals surface area contributed by atoms with Crippen LogP contribution in [0, 0.1) is 0 Å². The van der Waals surface area contributed by atoms with E-state index in [9.17, 15) is 25.2 Å². The molecule has 158 valence electrons. The van der Waals surface area contributed by atoms with E-state index in [-0.39, 0.29) is 18.8 Å². The summed E-state index contributed by atoms with van der Waals surface area (Å²) in [6.07, 6.45) is 4.24. The summed E-state index contributed by atoms with van der Waals surface area (Å²) >= 11 is 0. The van der Waals surface area contributed by atoms with Gasteiger partial charge in [0.15, 0.2) is 0 Å². The quantitative estimate of drug-likeness (QED) is 0.380. The highest BCUT2D eigenvalue weighted by atomic mass is 16.4. The van der Waals surface area contributed by atoms with Crippen LogP contribution in [0.5, 0.6) is 5.75 Å². The fourth-order valence-corrected chi connectivity index (χ4v) is 3.34. The lowest BCUT2D eigenvalue weighted by Crippen LogP contribution is -2.24. The zero-order chi connectivity index (χ0) is 21.1. The fourth-order valence-electron chi connectivity index (χ4n) is 3.34. The summed E-state index contributed by atoms with van der Waals surface area (Å²) in [5.74, 6) is -1.02. The molecule has 6 nitrogen and oxygen atoms in total. The van der Waals surface area contributed by atoms with E-state index in [1.165, 1.54) is 6.07 Å². The van der Waals surface area contributed by atoms with Gasteiger partial charge in [-0.3, -0.25) is 0 Å². The number of carboxylic acid groups (broad SMARTS) is 1. The van der Waals surface area contributed by atoms with Crippen molar-refractivity contribution in [2.24, 2.45) is 0 Å². The molecular weight excluding hydrogens is 370 g/mol. The van der Waals surface area contributed by atoms with Crippen molar-refractivity contribution in [3.63, 3.8) is 0 Å². The molecule has 2 aromatic rings. The molecule has 2 aromatic carbocycles. The molecule has 0 aromatic heterocycles. The minimum atomic E-state index is -1.05. The standard InChI is InChI=1S/C23H31NO5/c25-16-20-13-19(10-11-21(20)26)22(27)15-24-12-6-2-1-3-7-17-8-4-5-9-18(17)14-23(28)29/h4-5,8-11,13,22,24-27H,1-3,6-7,12,14-16H2,(H,28,29)/p-1. The zero-order valence-electron chi connectivity index (χ0n) is 16.6. The monoisotopic (exact) mass is 400 g/mol. The SMILES string of the molecule is O=C([O-])Cc1ccccc1CCCCCCNCC(O)c1ccc(O)c(CO)c1. The van der Waals surface area contributed by atoms with Gasteiger partial charge < -0.3 is 30.5 Å². The van der Waals surface area contributed by atoms with Crippen molar-refractivity contribution in [1.29, 1.82) is 0 Å². The molecule has 0 spiro atoms. The number of aromatic hydroxyl groups is 1. The Kier molecular flexibility index (Phi) is 9.64. The van der Waals surface area contributed by atoms with E-state index in [1.54, 1.807) is 12.1 Å². The van der Waals surface area contributed by atoms with Crippen LogP contribution in [0.4, 0.5) is 0 Å². The van der Waals surface area contributed by atoms with Crippen molar-refractivity contribution in [3.8, 4) is 5.75 Å². The Morgan fingerprint density at radius 3 is 2.45 bits per heavy atom. The number of benzene rings is 2. The Balaban J connectivity index is 1.60. The normalized spacial score (nSPS) is 12.1. The molecule has 0 saturated carbocycles. The highest BCUT2D eigenvalue weighted by molar-refractivity contribution is 5.68. The van der Waals surface area contributed by atoms with E-state index < -0.39 is 12.1 Å². The number of hydrogen-bond acceptors (Lipinski definition) is 6. The van der Waals surface area contributed by atoms with Gasteiger partial charge >= 0.3 is 0 Å². The summed E-state index contributed by atoms with van der Waals surface area (Å²) in [5.41, 5.74) is 2.98. The summed E-state index contributed by atoms with van der Waals surface area (Å²) in [7, 11) is 0. The number of aliphatic hydroxyl groups excluding tert-OH is 2. The van der Waals surface area contributed by atoms with E-state index in [1.807, 2.05) is 24.3 Å². The number of unbranched alkanes of at least 4 members (excludes halogenated alkanes) is 3. The summed E-state index contributed by atoms with van der Waals surface area (Å²) in [4.78, 5) is 10.8. The molecule has 0 aliphatic carbocycles. The van der Waals surface area contributed by atoms with Crippen molar-refractivity contribution in [1.82, 2.24) is 5.32 Å². The number of carboxylic acids is 1. The van der Waals surface area contributed by atoms with Gasteiger partial charge in [-0.15, -0.1) is 0 Å². The number of nitrogens with one attached hydrogen (secondary N) is 1. The Bertz CT molecular complexity index is 778. The zero-order valence-corrected chi connectivity index (χ0v) is 16.6. The molecule has 0 radical (unpaired) electrons. The van der Waals surface area contributed by atoms with Crippen molar-refractivity contribution in [3.05, 3.63) is 64.7 Å². The minimum Gasteiger partial charge on any atom is -0.550 e. The van der Waals surface area contributed by atoms with Crippen LogP contribution in [0.2, 0.25) is 0 Å². The average Bonchev–Trinajstić information content (AvgIpc) is 2.70. The molecule has 2 rings (SSSR count). The second-order valence-corrected chi connectivity index (χ2v) is 7.25. The number of aliphatic hydroxyl groups is 2. The van der Waals surface area contributed by atoms with Crippen molar-refractivity contribution in [2.45, 2.75) is 51.2 Å². The lowest BCUT2D eigenvalue weighted by Gasteiger charge is -2.14. The largest absolute Gasteiger partial charge is 0.550 e. The maximum atomic E-state index is 10.8. The van der Waals surface area contributed by atoms with E-state index in [2.05, 4.69) is 5.32 Å². The summed E-state index contributed by atoms with van der Waals surface area (Å²) in [6.45, 7) is 0.938. The number of aliphatic carboxylic acids is 1. The first kappa shape index (κ1) is 22.9.